The van der Waals surface area contributed by atoms with Gasteiger partial charge in [-0.2, -0.15) is 0 Å². The monoisotopic (exact) mass is 583 g/mol. The number of aliphatic carboxylic acids is 1. The second kappa shape index (κ2) is 11.9. The topological polar surface area (TPSA) is 75.1 Å². The molecule has 1 saturated heterocycles. The minimum absolute atomic E-state index is 0.135. The minimum Gasteiger partial charge on any atom is -0.488 e. The van der Waals surface area contributed by atoms with Crippen LogP contribution in [0.2, 0.25) is 0 Å². The van der Waals surface area contributed by atoms with Gasteiger partial charge in [-0.05, 0) is 85.0 Å². The molecule has 6 rings (SSSR count). The summed E-state index contributed by atoms with van der Waals surface area (Å²) in [4.78, 5) is 22.1. The number of hydrogen-bond donors (Lipinski definition) is 1. The van der Waals surface area contributed by atoms with E-state index in [2.05, 4.69) is 61.8 Å². The van der Waals surface area contributed by atoms with Gasteiger partial charge < -0.3 is 19.5 Å². The van der Waals surface area contributed by atoms with Gasteiger partial charge in [-0.25, -0.2) is 4.98 Å². The largest absolute Gasteiger partial charge is 0.488 e. The maximum Gasteiger partial charge on any atom is 0.312 e. The van der Waals surface area contributed by atoms with E-state index in [0.29, 0.717) is 32.2 Å². The Kier molecular flexibility index (Phi) is 8.22. The third-order valence-electron chi connectivity index (χ3n) is 10.1. The number of anilines is 1. The van der Waals surface area contributed by atoms with E-state index in [1.165, 1.54) is 41.5 Å². The number of aromatic nitrogens is 1. The smallest absolute Gasteiger partial charge is 0.312 e. The fourth-order valence-corrected chi connectivity index (χ4v) is 7.75. The fourth-order valence-electron chi connectivity index (χ4n) is 7.75. The molecule has 4 atom stereocenters. The van der Waals surface area contributed by atoms with Crippen molar-refractivity contribution in [3.63, 3.8) is 0 Å². The molecule has 0 bridgehead atoms. The van der Waals surface area contributed by atoms with Crippen LogP contribution in [0.1, 0.15) is 67.3 Å². The van der Waals surface area contributed by atoms with Gasteiger partial charge in [-0.15, -0.1) is 0 Å². The first kappa shape index (κ1) is 29.6. The first-order chi connectivity index (χ1) is 20.8. The van der Waals surface area contributed by atoms with Crippen molar-refractivity contribution in [3.8, 4) is 17.0 Å². The van der Waals surface area contributed by atoms with Crippen LogP contribution in [0.4, 0.5) is 5.82 Å². The zero-order valence-electron chi connectivity index (χ0n) is 26.2. The molecule has 1 saturated carbocycles. The highest BCUT2D eigenvalue weighted by Crippen LogP contribution is 2.62. The Hall–Kier alpha value is -3.42. The Labute approximate surface area is 255 Å². The number of carboxylic acids is 1. The number of fused-ring (bicyclic) bond motifs is 2. The second-order valence-electron chi connectivity index (χ2n) is 12.8. The third-order valence-corrected chi connectivity index (χ3v) is 10.1. The lowest BCUT2D eigenvalue weighted by Crippen LogP contribution is -2.43. The van der Waals surface area contributed by atoms with E-state index in [9.17, 15) is 9.90 Å². The maximum absolute atomic E-state index is 12.2. The number of rotatable bonds is 12. The quantitative estimate of drug-likeness (QED) is 0.252. The summed E-state index contributed by atoms with van der Waals surface area (Å²) in [6, 6.07) is 17.2. The van der Waals surface area contributed by atoms with Crippen molar-refractivity contribution in [1.82, 2.24) is 9.88 Å². The van der Waals surface area contributed by atoms with Crippen LogP contribution >= 0.6 is 0 Å². The molecule has 1 aromatic heterocycles. The number of hydrogen-bond acceptors (Lipinski definition) is 6. The lowest BCUT2D eigenvalue weighted by molar-refractivity contribution is -0.144. The van der Waals surface area contributed by atoms with Crippen molar-refractivity contribution in [2.24, 2.45) is 11.3 Å². The molecule has 3 aromatic rings. The Balaban J connectivity index is 1.23. The lowest BCUT2D eigenvalue weighted by atomic mass is 9.97. The molecule has 7 nitrogen and oxygen atoms in total. The number of ether oxygens (including phenoxy) is 2. The summed E-state index contributed by atoms with van der Waals surface area (Å²) in [5.41, 5.74) is 7.53. The van der Waals surface area contributed by atoms with E-state index < -0.39 is 11.4 Å². The third kappa shape index (κ3) is 5.31. The van der Waals surface area contributed by atoms with E-state index in [-0.39, 0.29) is 12.0 Å². The van der Waals surface area contributed by atoms with Crippen molar-refractivity contribution in [3.05, 3.63) is 76.3 Å². The Bertz CT molecular complexity index is 1510. The van der Waals surface area contributed by atoms with Crippen LogP contribution in [0.5, 0.6) is 5.75 Å². The first-order valence-corrected chi connectivity index (χ1v) is 15.8. The molecular weight excluding hydrogens is 538 g/mol. The van der Waals surface area contributed by atoms with Crippen LogP contribution in [0.25, 0.3) is 11.3 Å². The lowest BCUT2D eigenvalue weighted by Gasteiger charge is -2.31. The summed E-state index contributed by atoms with van der Waals surface area (Å²) < 4.78 is 12.1. The van der Waals surface area contributed by atoms with Gasteiger partial charge in [0, 0.05) is 38.3 Å². The zero-order chi connectivity index (χ0) is 30.3. The van der Waals surface area contributed by atoms with Gasteiger partial charge in [0.05, 0.1) is 23.8 Å². The van der Waals surface area contributed by atoms with Gasteiger partial charge in [0.2, 0.25) is 0 Å². The molecule has 1 aliphatic carbocycles. The number of para-hydroxylation sites is 1. The Morgan fingerprint density at radius 1 is 1.12 bits per heavy atom. The molecule has 3 aliphatic rings. The van der Waals surface area contributed by atoms with Crippen LogP contribution < -0.4 is 9.64 Å². The zero-order valence-corrected chi connectivity index (χ0v) is 26.2. The molecule has 1 unspecified atom stereocenters. The van der Waals surface area contributed by atoms with Crippen LogP contribution in [-0.4, -0.2) is 53.3 Å². The summed E-state index contributed by atoms with van der Waals surface area (Å²) in [7, 11) is 1.64. The number of carboxylic acid groups (broad SMARTS) is 1. The van der Waals surface area contributed by atoms with Crippen molar-refractivity contribution in [1.29, 1.82) is 0 Å². The minimum atomic E-state index is -0.732. The van der Waals surface area contributed by atoms with E-state index in [0.717, 1.165) is 41.5 Å². The van der Waals surface area contributed by atoms with Crippen LogP contribution in [0, 0.1) is 25.2 Å². The maximum atomic E-state index is 12.2. The van der Waals surface area contributed by atoms with Gasteiger partial charge in [-0.1, -0.05) is 50.6 Å². The summed E-state index contributed by atoms with van der Waals surface area (Å²) >= 11 is 0. The Morgan fingerprint density at radius 3 is 2.67 bits per heavy atom. The summed E-state index contributed by atoms with van der Waals surface area (Å²) in [5, 5.41) is 10.0. The normalized spacial score (nSPS) is 23.2. The molecule has 0 spiro atoms. The number of pyridine rings is 1. The fraction of sp³-hybridized carbons (Fsp3) is 0.500. The van der Waals surface area contributed by atoms with Crippen molar-refractivity contribution >= 4 is 11.8 Å². The highest BCUT2D eigenvalue weighted by molar-refractivity contribution is 5.82. The van der Waals surface area contributed by atoms with Gasteiger partial charge in [0.25, 0.3) is 0 Å². The van der Waals surface area contributed by atoms with Gasteiger partial charge in [-0.3, -0.25) is 9.69 Å². The highest BCUT2D eigenvalue weighted by atomic mass is 16.5. The molecular formula is C36H45N3O4. The van der Waals surface area contributed by atoms with Crippen LogP contribution in [-0.2, 0) is 29.2 Å². The number of carbonyl (C=O) groups is 1. The molecule has 1 N–H and O–H groups in total. The summed E-state index contributed by atoms with van der Waals surface area (Å²) in [6.07, 6.45) is 4.36. The van der Waals surface area contributed by atoms with Gasteiger partial charge >= 0.3 is 5.97 Å². The van der Waals surface area contributed by atoms with Gasteiger partial charge in [0.15, 0.2) is 0 Å². The summed E-state index contributed by atoms with van der Waals surface area (Å²) in [5.74, 6) is 1.02. The number of aryl methyl sites for hydroxylation is 2. The van der Waals surface area contributed by atoms with Crippen molar-refractivity contribution in [2.45, 2.75) is 85.2 Å². The van der Waals surface area contributed by atoms with E-state index in [1.807, 2.05) is 24.3 Å². The van der Waals surface area contributed by atoms with Gasteiger partial charge in [0.1, 0.15) is 18.2 Å². The average Bonchev–Trinajstić information content (AvgIpc) is 3.42. The molecule has 7 heteroatoms. The second-order valence-corrected chi connectivity index (χ2v) is 12.8. The highest BCUT2D eigenvalue weighted by Gasteiger charge is 2.71. The molecule has 43 heavy (non-hydrogen) atoms. The predicted octanol–water partition coefficient (Wildman–Crippen LogP) is 6.76. The number of nitrogens with zero attached hydrogens (tertiary/aromatic N) is 3. The number of piperidine rings is 1. The standard InChI is InChI=1S/C36H45N3O4/c1-6-10-28(7-2)38-18-26-16-25(15-24(4)30(26)20-38)21-43-34-23(3)11-8-12-29(34)31-13-9-14-33(37-31)39-19-27-17-36(27,35(40)41)32(39)22-42-5/h8-9,11-16,27-28,32H,6-7,10,17-22H2,1-5H3,(H,40,41)/t27-,28?,32+,36+/m0/s1. The van der Waals surface area contributed by atoms with Crippen LogP contribution in [0.15, 0.2) is 48.5 Å². The summed E-state index contributed by atoms with van der Waals surface area (Å²) in [6.45, 7) is 12.5. The van der Waals surface area contributed by atoms with E-state index >= 15 is 0 Å². The predicted molar refractivity (Wildman–Crippen MR) is 169 cm³/mol. The van der Waals surface area contributed by atoms with E-state index in [4.69, 9.17) is 14.5 Å². The molecule has 0 radical (unpaired) electrons. The number of benzene rings is 2. The molecule has 3 heterocycles. The van der Waals surface area contributed by atoms with Crippen LogP contribution in [0.3, 0.4) is 0 Å². The van der Waals surface area contributed by atoms with Crippen molar-refractivity contribution < 1.29 is 19.4 Å². The molecule has 2 aliphatic heterocycles. The number of methoxy groups -OCH3 is 1. The van der Waals surface area contributed by atoms with Crippen molar-refractivity contribution in [2.75, 3.05) is 25.2 Å². The molecule has 0 amide bonds. The molecule has 2 aromatic carbocycles. The first-order valence-electron chi connectivity index (χ1n) is 15.8. The average molecular weight is 584 g/mol. The SMILES string of the molecule is CCCC(CC)N1Cc2cc(COc3c(C)cccc3-c3cccc(N4C[C@@H]5C[C@]5(C(=O)O)[C@H]4COC)n3)cc(C)c2C1. The molecule has 228 valence electrons. The Morgan fingerprint density at radius 2 is 1.93 bits per heavy atom. The van der Waals surface area contributed by atoms with E-state index in [1.54, 1.807) is 7.11 Å². The molecule has 2 fully saturated rings.